The minimum atomic E-state index is -0.0235. The van der Waals surface area contributed by atoms with Crippen LogP contribution < -0.4 is 10.2 Å². The maximum Gasteiger partial charge on any atom is 0.251 e. The number of aromatic nitrogens is 1. The van der Waals surface area contributed by atoms with Crippen molar-refractivity contribution in [3.63, 3.8) is 0 Å². The highest BCUT2D eigenvalue weighted by Gasteiger charge is 2.10. The van der Waals surface area contributed by atoms with E-state index in [1.54, 1.807) is 12.3 Å². The van der Waals surface area contributed by atoms with Crippen LogP contribution in [0.3, 0.4) is 0 Å². The number of anilines is 1. The van der Waals surface area contributed by atoms with Crippen molar-refractivity contribution in [2.24, 2.45) is 0 Å². The van der Waals surface area contributed by atoms with Crippen molar-refractivity contribution < 1.29 is 4.79 Å². The molecule has 2 rings (SSSR count). The summed E-state index contributed by atoms with van der Waals surface area (Å²) in [6.07, 6.45) is 5.77. The van der Waals surface area contributed by atoms with E-state index in [2.05, 4.69) is 41.2 Å². The van der Waals surface area contributed by atoms with Gasteiger partial charge in [0.2, 0.25) is 0 Å². The van der Waals surface area contributed by atoms with Gasteiger partial charge >= 0.3 is 0 Å². The lowest BCUT2D eigenvalue weighted by Gasteiger charge is -2.22. The standard InChI is InChI=1S/C21H29N3O/c1-3-15-24(16-4-2)20-17-19(12-14-22-20)21(25)23-13-8-11-18-9-6-5-7-10-18/h5-7,9-10,12,14,17H,3-4,8,11,13,15-16H2,1-2H3,(H,23,25). The topological polar surface area (TPSA) is 45.2 Å². The molecule has 0 fully saturated rings. The van der Waals surface area contributed by atoms with Crippen LogP contribution in [0.4, 0.5) is 5.82 Å². The Labute approximate surface area is 151 Å². The maximum absolute atomic E-state index is 12.4. The van der Waals surface area contributed by atoms with E-state index < -0.39 is 0 Å². The van der Waals surface area contributed by atoms with E-state index in [1.165, 1.54) is 5.56 Å². The predicted octanol–water partition coefficient (Wildman–Crippen LogP) is 4.07. The molecule has 1 N–H and O–H groups in total. The van der Waals surface area contributed by atoms with Gasteiger partial charge < -0.3 is 10.2 Å². The van der Waals surface area contributed by atoms with Gasteiger partial charge in [0.1, 0.15) is 5.82 Å². The smallest absolute Gasteiger partial charge is 0.251 e. The molecule has 0 aliphatic carbocycles. The van der Waals surface area contributed by atoms with Crippen LogP contribution in [0.25, 0.3) is 0 Å². The molecule has 0 aliphatic rings. The minimum Gasteiger partial charge on any atom is -0.357 e. The Morgan fingerprint density at radius 2 is 1.80 bits per heavy atom. The highest BCUT2D eigenvalue weighted by atomic mass is 16.1. The van der Waals surface area contributed by atoms with E-state index in [1.807, 2.05) is 24.3 Å². The molecule has 0 bridgehead atoms. The van der Waals surface area contributed by atoms with E-state index in [9.17, 15) is 4.79 Å². The van der Waals surface area contributed by atoms with Gasteiger partial charge in [-0.05, 0) is 43.4 Å². The zero-order chi connectivity index (χ0) is 17.9. The van der Waals surface area contributed by atoms with Gasteiger partial charge in [0.05, 0.1) is 0 Å². The molecule has 0 spiro atoms. The second-order valence-corrected chi connectivity index (χ2v) is 6.23. The number of rotatable bonds is 10. The molecule has 134 valence electrons. The van der Waals surface area contributed by atoms with Crippen LogP contribution in [0, 0.1) is 0 Å². The minimum absolute atomic E-state index is 0.0235. The molecule has 1 heterocycles. The summed E-state index contributed by atoms with van der Waals surface area (Å²) in [6, 6.07) is 14.0. The van der Waals surface area contributed by atoms with Crippen LogP contribution in [-0.2, 0) is 6.42 Å². The summed E-state index contributed by atoms with van der Waals surface area (Å²) in [7, 11) is 0. The number of hydrogen-bond donors (Lipinski definition) is 1. The number of benzene rings is 1. The van der Waals surface area contributed by atoms with Crippen LogP contribution in [-0.4, -0.2) is 30.5 Å². The van der Waals surface area contributed by atoms with Gasteiger partial charge in [-0.15, -0.1) is 0 Å². The first-order chi connectivity index (χ1) is 12.2. The number of amides is 1. The third-order valence-corrected chi connectivity index (χ3v) is 4.09. The molecule has 1 amide bonds. The Balaban J connectivity index is 1.87. The van der Waals surface area contributed by atoms with Crippen LogP contribution in [0.5, 0.6) is 0 Å². The van der Waals surface area contributed by atoms with Crippen LogP contribution in [0.1, 0.15) is 49.0 Å². The fourth-order valence-corrected chi connectivity index (χ4v) is 2.85. The fraction of sp³-hybridized carbons (Fsp3) is 0.429. The van der Waals surface area contributed by atoms with E-state index in [0.717, 1.165) is 44.6 Å². The lowest BCUT2D eigenvalue weighted by molar-refractivity contribution is 0.0953. The van der Waals surface area contributed by atoms with Crippen molar-refractivity contribution in [2.75, 3.05) is 24.5 Å². The Hall–Kier alpha value is -2.36. The number of carbonyl (C=O) groups excluding carboxylic acids is 1. The van der Waals surface area contributed by atoms with E-state index in [-0.39, 0.29) is 5.91 Å². The average Bonchev–Trinajstić information content (AvgIpc) is 2.66. The molecule has 0 aliphatic heterocycles. The van der Waals surface area contributed by atoms with E-state index >= 15 is 0 Å². The van der Waals surface area contributed by atoms with Crippen LogP contribution >= 0.6 is 0 Å². The lowest BCUT2D eigenvalue weighted by Crippen LogP contribution is -2.28. The summed E-state index contributed by atoms with van der Waals surface area (Å²) in [4.78, 5) is 19.1. The zero-order valence-electron chi connectivity index (χ0n) is 15.4. The van der Waals surface area contributed by atoms with Crippen molar-refractivity contribution >= 4 is 11.7 Å². The molecule has 1 aromatic heterocycles. The van der Waals surface area contributed by atoms with Crippen molar-refractivity contribution in [2.45, 2.75) is 39.5 Å². The van der Waals surface area contributed by atoms with Gasteiger partial charge in [0.25, 0.3) is 5.91 Å². The molecule has 0 radical (unpaired) electrons. The second kappa shape index (κ2) is 10.5. The van der Waals surface area contributed by atoms with Gasteiger partial charge in [-0.25, -0.2) is 4.98 Å². The lowest BCUT2D eigenvalue weighted by atomic mass is 10.1. The van der Waals surface area contributed by atoms with E-state index in [0.29, 0.717) is 12.1 Å². The van der Waals surface area contributed by atoms with Gasteiger partial charge in [-0.2, -0.15) is 0 Å². The first kappa shape index (κ1) is 19.0. The summed E-state index contributed by atoms with van der Waals surface area (Å²) in [5.41, 5.74) is 1.99. The number of nitrogens with one attached hydrogen (secondary N) is 1. The molecule has 1 aromatic carbocycles. The number of pyridine rings is 1. The quantitative estimate of drug-likeness (QED) is 0.664. The van der Waals surface area contributed by atoms with Gasteiger partial charge in [0.15, 0.2) is 0 Å². The number of hydrogen-bond acceptors (Lipinski definition) is 3. The SMILES string of the molecule is CCCN(CCC)c1cc(C(=O)NCCCc2ccccc2)ccn1. The maximum atomic E-state index is 12.4. The summed E-state index contributed by atoms with van der Waals surface area (Å²) in [5, 5.41) is 3.01. The molecule has 0 saturated carbocycles. The fourth-order valence-electron chi connectivity index (χ4n) is 2.85. The van der Waals surface area contributed by atoms with Gasteiger partial charge in [0, 0.05) is 31.4 Å². The highest BCUT2D eigenvalue weighted by molar-refractivity contribution is 5.94. The molecule has 25 heavy (non-hydrogen) atoms. The zero-order valence-corrected chi connectivity index (χ0v) is 15.4. The van der Waals surface area contributed by atoms with Gasteiger partial charge in [-0.3, -0.25) is 4.79 Å². The molecule has 4 heteroatoms. The summed E-state index contributed by atoms with van der Waals surface area (Å²) in [5.74, 6) is 0.866. The third kappa shape index (κ3) is 6.22. The van der Waals surface area contributed by atoms with E-state index in [4.69, 9.17) is 0 Å². The summed E-state index contributed by atoms with van der Waals surface area (Å²) < 4.78 is 0. The molecule has 0 unspecified atom stereocenters. The molecular weight excluding hydrogens is 310 g/mol. The Morgan fingerprint density at radius 1 is 1.08 bits per heavy atom. The summed E-state index contributed by atoms with van der Waals surface area (Å²) >= 11 is 0. The molecule has 2 aromatic rings. The Morgan fingerprint density at radius 3 is 2.48 bits per heavy atom. The van der Waals surface area contributed by atoms with Crippen molar-refractivity contribution in [3.05, 3.63) is 59.8 Å². The van der Waals surface area contributed by atoms with Crippen molar-refractivity contribution in [1.29, 1.82) is 0 Å². The van der Waals surface area contributed by atoms with Crippen molar-refractivity contribution in [3.8, 4) is 0 Å². The normalized spacial score (nSPS) is 10.5. The summed E-state index contributed by atoms with van der Waals surface area (Å²) in [6.45, 7) is 6.92. The first-order valence-corrected chi connectivity index (χ1v) is 9.27. The Kier molecular flexibility index (Phi) is 7.96. The van der Waals surface area contributed by atoms with Crippen LogP contribution in [0.2, 0.25) is 0 Å². The van der Waals surface area contributed by atoms with Crippen molar-refractivity contribution in [1.82, 2.24) is 10.3 Å². The molecule has 0 atom stereocenters. The van der Waals surface area contributed by atoms with Gasteiger partial charge in [-0.1, -0.05) is 44.2 Å². The number of aryl methyl sites for hydroxylation is 1. The third-order valence-electron chi connectivity index (χ3n) is 4.09. The second-order valence-electron chi connectivity index (χ2n) is 6.23. The predicted molar refractivity (Wildman–Crippen MR) is 104 cm³/mol. The largest absolute Gasteiger partial charge is 0.357 e. The molecular formula is C21H29N3O. The first-order valence-electron chi connectivity index (χ1n) is 9.27. The average molecular weight is 339 g/mol. The molecule has 0 saturated heterocycles. The molecule has 4 nitrogen and oxygen atoms in total. The number of carbonyl (C=O) groups is 1. The number of nitrogens with zero attached hydrogens (tertiary/aromatic N) is 2. The van der Waals surface area contributed by atoms with Crippen LogP contribution in [0.15, 0.2) is 48.7 Å². The Bertz CT molecular complexity index is 637. The highest BCUT2D eigenvalue weighted by Crippen LogP contribution is 2.14. The monoisotopic (exact) mass is 339 g/mol.